The first-order chi connectivity index (χ1) is 14.3. The second-order valence-corrected chi connectivity index (χ2v) is 8.17. The minimum Gasteiger partial charge on any atom is -0.378 e. The van der Waals surface area contributed by atoms with E-state index in [1.54, 1.807) is 0 Å². The summed E-state index contributed by atoms with van der Waals surface area (Å²) in [5.41, 5.74) is 6.24. The lowest BCUT2D eigenvalue weighted by atomic mass is 10.1. The minimum absolute atomic E-state index is 0.0276. The van der Waals surface area contributed by atoms with Gasteiger partial charge in [0.15, 0.2) is 0 Å². The van der Waals surface area contributed by atoms with Crippen LogP contribution in [-0.4, -0.2) is 36.3 Å². The predicted octanol–water partition coefficient (Wildman–Crippen LogP) is 4.50. The molecule has 1 aromatic heterocycles. The van der Waals surface area contributed by atoms with Gasteiger partial charge in [-0.3, -0.25) is 4.79 Å². The summed E-state index contributed by atoms with van der Waals surface area (Å²) in [6.45, 7) is 4.60. The number of benzene rings is 2. The average molecular weight is 425 g/mol. The number of hydrogen-bond acceptors (Lipinski definition) is 3. The molecule has 0 atom stereocenters. The van der Waals surface area contributed by atoms with Crippen LogP contribution in [0.2, 0.25) is 5.02 Å². The molecule has 2 aromatic carbocycles. The number of anilines is 1. The predicted molar refractivity (Wildman–Crippen MR) is 124 cm³/mol. The van der Waals surface area contributed by atoms with Crippen LogP contribution in [0.4, 0.5) is 5.69 Å². The average Bonchev–Trinajstić information content (AvgIpc) is 3.00. The molecule has 0 aliphatic carbocycles. The maximum Gasteiger partial charge on any atom is 0.224 e. The largest absolute Gasteiger partial charge is 0.378 e. The number of carbonyl (C=O) groups is 1. The van der Waals surface area contributed by atoms with E-state index in [1.165, 1.54) is 11.3 Å². The zero-order valence-corrected chi connectivity index (χ0v) is 18.8. The second-order valence-electron chi connectivity index (χ2n) is 7.73. The Kier molecular flexibility index (Phi) is 7.16. The van der Waals surface area contributed by atoms with Gasteiger partial charge in [-0.15, -0.1) is 0 Å². The summed E-state index contributed by atoms with van der Waals surface area (Å²) in [7, 11) is 4.07. The monoisotopic (exact) mass is 424 g/mol. The van der Waals surface area contributed by atoms with Crippen LogP contribution in [0.25, 0.3) is 5.69 Å². The Morgan fingerprint density at radius 1 is 1.07 bits per heavy atom. The lowest BCUT2D eigenvalue weighted by Crippen LogP contribution is -2.26. The molecular formula is C24H29ClN4O. The molecule has 0 radical (unpaired) electrons. The SMILES string of the molecule is Cc1nn(-c2ccc(Cl)cc2)c(C)c1CC(=O)NCCCc1ccc(N(C)C)cc1. The number of carbonyl (C=O) groups excluding carboxylic acids is 1. The number of aromatic nitrogens is 2. The fourth-order valence-corrected chi connectivity index (χ4v) is 3.59. The Morgan fingerprint density at radius 3 is 2.37 bits per heavy atom. The molecule has 0 spiro atoms. The number of rotatable bonds is 8. The topological polar surface area (TPSA) is 50.2 Å². The van der Waals surface area contributed by atoms with Gasteiger partial charge in [0.1, 0.15) is 0 Å². The van der Waals surface area contributed by atoms with Crippen molar-refractivity contribution < 1.29 is 4.79 Å². The van der Waals surface area contributed by atoms with Crippen LogP contribution in [0.5, 0.6) is 0 Å². The van der Waals surface area contributed by atoms with Gasteiger partial charge < -0.3 is 10.2 Å². The van der Waals surface area contributed by atoms with E-state index in [-0.39, 0.29) is 5.91 Å². The standard InChI is InChI=1S/C24H29ClN4O/c1-17-23(18(2)29(27-17)22-13-9-20(25)10-14-22)16-24(30)26-15-5-6-19-7-11-21(12-8-19)28(3)4/h7-14H,5-6,15-16H2,1-4H3,(H,26,30). The molecular weight excluding hydrogens is 396 g/mol. The van der Waals surface area contributed by atoms with E-state index in [0.29, 0.717) is 18.0 Å². The summed E-state index contributed by atoms with van der Waals surface area (Å²) < 4.78 is 1.87. The van der Waals surface area contributed by atoms with Gasteiger partial charge in [0, 0.05) is 42.6 Å². The fraction of sp³-hybridized carbons (Fsp3) is 0.333. The van der Waals surface area contributed by atoms with Crippen molar-refractivity contribution in [3.63, 3.8) is 0 Å². The van der Waals surface area contributed by atoms with E-state index in [2.05, 4.69) is 39.6 Å². The van der Waals surface area contributed by atoms with Gasteiger partial charge in [-0.1, -0.05) is 23.7 Å². The van der Waals surface area contributed by atoms with Gasteiger partial charge in [0.2, 0.25) is 5.91 Å². The van der Waals surface area contributed by atoms with Gasteiger partial charge >= 0.3 is 0 Å². The molecule has 6 heteroatoms. The van der Waals surface area contributed by atoms with Crippen molar-refractivity contribution >= 4 is 23.2 Å². The number of amides is 1. The molecule has 0 bridgehead atoms. The Balaban J connectivity index is 1.52. The molecule has 1 heterocycles. The summed E-state index contributed by atoms with van der Waals surface area (Å²) in [4.78, 5) is 14.6. The summed E-state index contributed by atoms with van der Waals surface area (Å²) in [5.74, 6) is 0.0276. The molecule has 0 saturated carbocycles. The van der Waals surface area contributed by atoms with Crippen molar-refractivity contribution in [3.8, 4) is 5.69 Å². The maximum atomic E-state index is 12.5. The molecule has 158 valence electrons. The van der Waals surface area contributed by atoms with E-state index in [4.69, 9.17) is 11.6 Å². The van der Waals surface area contributed by atoms with Gasteiger partial charge in [-0.2, -0.15) is 5.10 Å². The van der Waals surface area contributed by atoms with Crippen LogP contribution in [0.15, 0.2) is 48.5 Å². The van der Waals surface area contributed by atoms with Crippen molar-refractivity contribution in [3.05, 3.63) is 76.1 Å². The first-order valence-corrected chi connectivity index (χ1v) is 10.6. The van der Waals surface area contributed by atoms with Crippen molar-refractivity contribution in [2.75, 3.05) is 25.5 Å². The number of aryl methyl sites for hydroxylation is 2. The molecule has 30 heavy (non-hydrogen) atoms. The molecule has 0 unspecified atom stereocenters. The normalized spacial score (nSPS) is 10.8. The third-order valence-electron chi connectivity index (χ3n) is 5.27. The molecule has 1 amide bonds. The lowest BCUT2D eigenvalue weighted by Gasteiger charge is -2.12. The van der Waals surface area contributed by atoms with Crippen LogP contribution < -0.4 is 10.2 Å². The van der Waals surface area contributed by atoms with E-state index in [0.717, 1.165) is 35.5 Å². The smallest absolute Gasteiger partial charge is 0.224 e. The Labute approximate surface area is 183 Å². The molecule has 3 rings (SSSR count). The maximum absolute atomic E-state index is 12.5. The molecule has 1 N–H and O–H groups in total. The van der Waals surface area contributed by atoms with E-state index >= 15 is 0 Å². The lowest BCUT2D eigenvalue weighted by molar-refractivity contribution is -0.120. The van der Waals surface area contributed by atoms with Crippen molar-refractivity contribution in [1.82, 2.24) is 15.1 Å². The van der Waals surface area contributed by atoms with E-state index < -0.39 is 0 Å². The molecule has 0 fully saturated rings. The summed E-state index contributed by atoms with van der Waals surface area (Å²) in [6.07, 6.45) is 2.19. The summed E-state index contributed by atoms with van der Waals surface area (Å²) >= 11 is 5.98. The Hall–Kier alpha value is -2.79. The van der Waals surface area contributed by atoms with Crippen LogP contribution in [-0.2, 0) is 17.6 Å². The summed E-state index contributed by atoms with van der Waals surface area (Å²) in [6, 6.07) is 16.1. The Morgan fingerprint density at radius 2 is 1.73 bits per heavy atom. The summed E-state index contributed by atoms with van der Waals surface area (Å²) in [5, 5.41) is 8.34. The zero-order valence-electron chi connectivity index (χ0n) is 18.1. The number of nitrogens with one attached hydrogen (secondary N) is 1. The highest BCUT2D eigenvalue weighted by atomic mass is 35.5. The van der Waals surface area contributed by atoms with Gasteiger partial charge in [-0.05, 0) is 68.7 Å². The van der Waals surface area contributed by atoms with Crippen molar-refractivity contribution in [2.45, 2.75) is 33.1 Å². The first kappa shape index (κ1) is 21.9. The van der Waals surface area contributed by atoms with Crippen molar-refractivity contribution in [1.29, 1.82) is 0 Å². The third-order valence-corrected chi connectivity index (χ3v) is 5.52. The Bertz CT molecular complexity index is 991. The van der Waals surface area contributed by atoms with E-state index in [1.807, 2.05) is 56.9 Å². The van der Waals surface area contributed by atoms with Crippen molar-refractivity contribution in [2.24, 2.45) is 0 Å². The van der Waals surface area contributed by atoms with Gasteiger partial charge in [0.05, 0.1) is 17.8 Å². The molecule has 3 aromatic rings. The highest BCUT2D eigenvalue weighted by Crippen LogP contribution is 2.20. The molecule has 5 nitrogen and oxygen atoms in total. The third kappa shape index (κ3) is 5.42. The van der Waals surface area contributed by atoms with E-state index in [9.17, 15) is 4.79 Å². The minimum atomic E-state index is 0.0276. The molecule has 0 saturated heterocycles. The first-order valence-electron chi connectivity index (χ1n) is 10.2. The number of halogens is 1. The zero-order chi connectivity index (χ0) is 21.7. The number of nitrogens with zero attached hydrogens (tertiary/aromatic N) is 3. The van der Waals surface area contributed by atoms with Crippen LogP contribution in [0.3, 0.4) is 0 Å². The van der Waals surface area contributed by atoms with Gasteiger partial charge in [0.25, 0.3) is 0 Å². The van der Waals surface area contributed by atoms with Crippen LogP contribution in [0.1, 0.15) is 28.9 Å². The van der Waals surface area contributed by atoms with Gasteiger partial charge in [-0.25, -0.2) is 4.68 Å². The van der Waals surface area contributed by atoms with Crippen LogP contribution >= 0.6 is 11.6 Å². The quantitative estimate of drug-likeness (QED) is 0.541. The highest BCUT2D eigenvalue weighted by molar-refractivity contribution is 6.30. The second kappa shape index (κ2) is 9.81. The number of hydrogen-bond donors (Lipinski definition) is 1. The highest BCUT2D eigenvalue weighted by Gasteiger charge is 2.15. The molecule has 0 aliphatic heterocycles. The van der Waals surface area contributed by atoms with Crippen LogP contribution in [0, 0.1) is 13.8 Å². The molecule has 0 aliphatic rings. The fourth-order valence-electron chi connectivity index (χ4n) is 3.47.